The minimum atomic E-state index is -1.22. The molecule has 0 spiro atoms. The number of hydrogen-bond acceptors (Lipinski definition) is 3. The second-order valence-corrected chi connectivity index (χ2v) is 2.37. The quantitative estimate of drug-likeness (QED) is 0.546. The van der Waals surface area contributed by atoms with E-state index in [1.807, 2.05) is 0 Å². The average Bonchev–Trinajstić information content (AvgIpc) is 2.00. The van der Waals surface area contributed by atoms with Gasteiger partial charge in [0.1, 0.15) is 10.8 Å². The van der Waals surface area contributed by atoms with Crippen LogP contribution in [0.15, 0.2) is 12.1 Å². The van der Waals surface area contributed by atoms with Crippen molar-refractivity contribution >= 4 is 17.3 Å². The molecule has 1 aromatic carbocycles. The summed E-state index contributed by atoms with van der Waals surface area (Å²) in [4.78, 5) is 9.19. The Kier molecular flexibility index (Phi) is 2.14. The van der Waals surface area contributed by atoms with Crippen molar-refractivity contribution in [3.05, 3.63) is 33.1 Å². The van der Waals surface area contributed by atoms with Crippen molar-refractivity contribution in [3.63, 3.8) is 0 Å². The van der Waals surface area contributed by atoms with E-state index >= 15 is 0 Å². The van der Waals surface area contributed by atoms with Crippen LogP contribution >= 0.6 is 11.6 Å². The van der Waals surface area contributed by atoms with Gasteiger partial charge in [0, 0.05) is 6.07 Å². The van der Waals surface area contributed by atoms with Crippen molar-refractivity contribution in [1.29, 1.82) is 0 Å². The lowest BCUT2D eigenvalue weighted by Gasteiger charge is -1.97. The number of aromatic hydroxyl groups is 1. The molecule has 0 aromatic heterocycles. The van der Waals surface area contributed by atoms with Crippen molar-refractivity contribution in [2.45, 2.75) is 0 Å². The summed E-state index contributed by atoms with van der Waals surface area (Å²) < 4.78 is 12.8. The number of phenols is 1. The van der Waals surface area contributed by atoms with E-state index in [0.29, 0.717) is 0 Å². The summed E-state index contributed by atoms with van der Waals surface area (Å²) in [6, 6.07) is 1.81. The smallest absolute Gasteiger partial charge is 0.306 e. The number of nitro groups is 1. The molecule has 0 amide bonds. The molecule has 1 aromatic rings. The lowest BCUT2D eigenvalue weighted by atomic mass is 10.3. The van der Waals surface area contributed by atoms with Crippen LogP contribution in [0, 0.1) is 15.9 Å². The average molecular weight is 192 g/mol. The third-order valence-electron chi connectivity index (χ3n) is 1.24. The summed E-state index contributed by atoms with van der Waals surface area (Å²) in [5.74, 6) is -1.73. The highest BCUT2D eigenvalue weighted by Gasteiger charge is 2.19. The first-order valence-corrected chi connectivity index (χ1v) is 3.23. The standard InChI is InChI=1S/C6H3ClFNO3/c7-5-4(10)2-1-3(6(5)8)9(11)12/h1-2,10H. The molecule has 4 nitrogen and oxygen atoms in total. The van der Waals surface area contributed by atoms with Crippen LogP contribution in [0.4, 0.5) is 10.1 Å². The van der Waals surface area contributed by atoms with Crippen LogP contribution in [0.5, 0.6) is 5.75 Å². The molecular formula is C6H3ClFNO3. The van der Waals surface area contributed by atoms with Crippen molar-refractivity contribution in [2.75, 3.05) is 0 Å². The summed E-state index contributed by atoms with van der Waals surface area (Å²) >= 11 is 5.20. The van der Waals surface area contributed by atoms with E-state index in [0.717, 1.165) is 12.1 Å². The van der Waals surface area contributed by atoms with Crippen LogP contribution in [0.1, 0.15) is 0 Å². The summed E-state index contributed by atoms with van der Waals surface area (Å²) in [5.41, 5.74) is -0.752. The SMILES string of the molecule is O=[N+]([O-])c1ccc(O)c(Cl)c1F. The molecule has 0 aliphatic rings. The topological polar surface area (TPSA) is 63.4 Å². The van der Waals surface area contributed by atoms with E-state index in [2.05, 4.69) is 0 Å². The Morgan fingerprint density at radius 1 is 1.58 bits per heavy atom. The number of benzene rings is 1. The minimum absolute atomic E-state index is 0.514. The van der Waals surface area contributed by atoms with E-state index in [9.17, 15) is 14.5 Å². The third-order valence-corrected chi connectivity index (χ3v) is 1.60. The molecular weight excluding hydrogens is 189 g/mol. The van der Waals surface area contributed by atoms with Gasteiger partial charge in [-0.2, -0.15) is 4.39 Å². The zero-order valence-electron chi connectivity index (χ0n) is 5.62. The maximum atomic E-state index is 12.8. The molecule has 0 fully saturated rings. The molecule has 0 unspecified atom stereocenters. The molecule has 1 rings (SSSR count). The molecule has 64 valence electrons. The van der Waals surface area contributed by atoms with Gasteiger partial charge in [-0.25, -0.2) is 0 Å². The molecule has 1 N–H and O–H groups in total. The Morgan fingerprint density at radius 2 is 2.17 bits per heavy atom. The molecule has 0 aliphatic heterocycles. The first-order valence-electron chi connectivity index (χ1n) is 2.85. The Morgan fingerprint density at radius 3 is 2.67 bits per heavy atom. The predicted molar refractivity (Wildman–Crippen MR) is 39.7 cm³/mol. The number of nitrogens with zero attached hydrogens (tertiary/aromatic N) is 1. The van der Waals surface area contributed by atoms with Gasteiger partial charge in [0.2, 0.25) is 5.82 Å². The molecule has 12 heavy (non-hydrogen) atoms. The zero-order chi connectivity index (χ0) is 9.30. The van der Waals surface area contributed by atoms with Gasteiger partial charge < -0.3 is 5.11 Å². The van der Waals surface area contributed by atoms with E-state index in [1.165, 1.54) is 0 Å². The van der Waals surface area contributed by atoms with Crippen molar-refractivity contribution < 1.29 is 14.4 Å². The molecule has 0 radical (unpaired) electrons. The first-order chi connectivity index (χ1) is 5.54. The van der Waals surface area contributed by atoms with Crippen molar-refractivity contribution in [2.24, 2.45) is 0 Å². The van der Waals surface area contributed by atoms with E-state index in [1.54, 1.807) is 0 Å². The summed E-state index contributed by atoms with van der Waals surface area (Å²) in [5, 5.41) is 18.3. The van der Waals surface area contributed by atoms with Crippen LogP contribution in [-0.2, 0) is 0 Å². The van der Waals surface area contributed by atoms with Gasteiger partial charge in [0.05, 0.1) is 4.92 Å². The minimum Gasteiger partial charge on any atom is -0.506 e. The third kappa shape index (κ3) is 1.31. The fraction of sp³-hybridized carbons (Fsp3) is 0. The predicted octanol–water partition coefficient (Wildman–Crippen LogP) is 2.09. The molecule has 0 heterocycles. The maximum absolute atomic E-state index is 12.8. The molecule has 0 aliphatic carbocycles. The highest BCUT2D eigenvalue weighted by molar-refractivity contribution is 6.32. The normalized spacial score (nSPS) is 9.83. The lowest BCUT2D eigenvalue weighted by molar-refractivity contribution is -0.387. The zero-order valence-corrected chi connectivity index (χ0v) is 6.38. The van der Waals surface area contributed by atoms with Gasteiger partial charge >= 0.3 is 5.69 Å². The van der Waals surface area contributed by atoms with Gasteiger partial charge in [0.15, 0.2) is 0 Å². The molecule has 6 heteroatoms. The fourth-order valence-corrected chi connectivity index (χ4v) is 0.830. The highest BCUT2D eigenvalue weighted by atomic mass is 35.5. The fourth-order valence-electron chi connectivity index (χ4n) is 0.670. The summed E-state index contributed by atoms with van der Waals surface area (Å²) in [6.07, 6.45) is 0. The number of phenolic OH excluding ortho intramolecular Hbond substituents is 1. The molecule has 0 bridgehead atoms. The second-order valence-electron chi connectivity index (χ2n) is 1.99. The largest absolute Gasteiger partial charge is 0.506 e. The Hall–Kier alpha value is -1.36. The van der Waals surface area contributed by atoms with Crippen LogP contribution in [0.3, 0.4) is 0 Å². The van der Waals surface area contributed by atoms with E-state index in [-0.39, 0.29) is 0 Å². The number of hydrogen-bond donors (Lipinski definition) is 1. The number of halogens is 2. The summed E-state index contributed by atoms with van der Waals surface area (Å²) in [7, 11) is 0. The highest BCUT2D eigenvalue weighted by Crippen LogP contribution is 2.31. The monoisotopic (exact) mass is 191 g/mol. The Bertz CT molecular complexity index is 342. The van der Waals surface area contributed by atoms with Gasteiger partial charge in [0.25, 0.3) is 0 Å². The van der Waals surface area contributed by atoms with Crippen LogP contribution in [-0.4, -0.2) is 10.0 Å². The summed E-state index contributed by atoms with van der Waals surface area (Å²) in [6.45, 7) is 0. The van der Waals surface area contributed by atoms with Crippen LogP contribution in [0.2, 0.25) is 5.02 Å². The van der Waals surface area contributed by atoms with E-state index in [4.69, 9.17) is 16.7 Å². The molecule has 0 saturated carbocycles. The number of rotatable bonds is 1. The van der Waals surface area contributed by atoms with Gasteiger partial charge in [-0.05, 0) is 6.07 Å². The van der Waals surface area contributed by atoms with E-state index < -0.39 is 27.2 Å². The van der Waals surface area contributed by atoms with Crippen molar-refractivity contribution in [1.82, 2.24) is 0 Å². The molecule has 0 saturated heterocycles. The van der Waals surface area contributed by atoms with Gasteiger partial charge in [-0.15, -0.1) is 0 Å². The first kappa shape index (κ1) is 8.73. The van der Waals surface area contributed by atoms with Gasteiger partial charge in [-0.3, -0.25) is 10.1 Å². The Labute approximate surface area is 71.3 Å². The molecule has 0 atom stereocenters. The lowest BCUT2D eigenvalue weighted by Crippen LogP contribution is -1.92. The van der Waals surface area contributed by atoms with Crippen LogP contribution in [0.25, 0.3) is 0 Å². The Balaban J connectivity index is 3.36. The second kappa shape index (κ2) is 2.94. The maximum Gasteiger partial charge on any atom is 0.306 e. The van der Waals surface area contributed by atoms with Crippen LogP contribution < -0.4 is 0 Å². The van der Waals surface area contributed by atoms with Gasteiger partial charge in [-0.1, -0.05) is 11.6 Å². The number of nitro benzene ring substituents is 1. The van der Waals surface area contributed by atoms with Crippen molar-refractivity contribution in [3.8, 4) is 5.75 Å².